The van der Waals surface area contributed by atoms with Gasteiger partial charge in [-0.2, -0.15) is 0 Å². The van der Waals surface area contributed by atoms with Gasteiger partial charge in [0.2, 0.25) is 5.91 Å². The molecule has 7 nitrogen and oxygen atoms in total. The average molecular weight is 441 g/mol. The molecule has 150 valence electrons. The molecular weight excluding hydrogens is 420 g/mol. The van der Waals surface area contributed by atoms with Gasteiger partial charge < -0.3 is 10.1 Å². The highest BCUT2D eigenvalue weighted by Crippen LogP contribution is 2.32. The van der Waals surface area contributed by atoms with E-state index in [2.05, 4.69) is 5.32 Å². The second-order valence-corrected chi connectivity index (χ2v) is 10.4. The molecular formula is C18H20N2O5S3. The fourth-order valence-electron chi connectivity index (χ4n) is 2.97. The third-order valence-electron chi connectivity index (χ3n) is 4.45. The van der Waals surface area contributed by atoms with Crippen molar-refractivity contribution in [3.63, 3.8) is 0 Å². The summed E-state index contributed by atoms with van der Waals surface area (Å²) >= 11 is 6.47. The molecule has 1 aromatic rings. The van der Waals surface area contributed by atoms with Crippen LogP contribution >= 0.6 is 24.0 Å². The van der Waals surface area contributed by atoms with E-state index in [0.717, 1.165) is 11.3 Å². The van der Waals surface area contributed by atoms with Gasteiger partial charge in [-0.25, -0.2) is 8.42 Å². The first-order valence-electron chi connectivity index (χ1n) is 8.66. The van der Waals surface area contributed by atoms with E-state index in [9.17, 15) is 18.0 Å². The molecule has 2 saturated heterocycles. The molecule has 1 unspecified atom stereocenters. The van der Waals surface area contributed by atoms with E-state index >= 15 is 0 Å². The fraction of sp³-hybridized carbons (Fsp3) is 0.389. The van der Waals surface area contributed by atoms with Crippen LogP contribution in [-0.4, -0.2) is 60.7 Å². The number of ether oxygens (including phenoxy) is 1. The zero-order valence-corrected chi connectivity index (χ0v) is 17.7. The lowest BCUT2D eigenvalue weighted by molar-refractivity contribution is -0.124. The number of benzene rings is 1. The minimum absolute atomic E-state index is 0.0234. The van der Waals surface area contributed by atoms with Gasteiger partial charge >= 0.3 is 0 Å². The summed E-state index contributed by atoms with van der Waals surface area (Å²) in [6.45, 7) is 0.163. The lowest BCUT2D eigenvalue weighted by Crippen LogP contribution is -2.38. The largest absolute Gasteiger partial charge is 0.497 e. The van der Waals surface area contributed by atoms with E-state index in [0.29, 0.717) is 15.6 Å². The molecule has 1 N–H and O–H groups in total. The van der Waals surface area contributed by atoms with Gasteiger partial charge in [0.15, 0.2) is 9.84 Å². The molecule has 0 saturated carbocycles. The summed E-state index contributed by atoms with van der Waals surface area (Å²) < 4.78 is 28.4. The molecule has 0 bridgehead atoms. The lowest BCUT2D eigenvalue weighted by Gasteiger charge is -2.15. The number of thiocarbonyl (C=S) groups is 1. The summed E-state index contributed by atoms with van der Waals surface area (Å²) in [5.41, 5.74) is 0.849. The Hall–Kier alpha value is -1.91. The van der Waals surface area contributed by atoms with Crippen LogP contribution in [0.2, 0.25) is 0 Å². The zero-order chi connectivity index (χ0) is 20.3. The Labute approximate surface area is 173 Å². The van der Waals surface area contributed by atoms with Gasteiger partial charge in [-0.3, -0.25) is 14.5 Å². The first kappa shape index (κ1) is 20.8. The Bertz CT molecular complexity index is 925. The van der Waals surface area contributed by atoms with E-state index in [-0.39, 0.29) is 42.3 Å². The van der Waals surface area contributed by atoms with Gasteiger partial charge in [0, 0.05) is 19.0 Å². The molecule has 2 aliphatic heterocycles. The van der Waals surface area contributed by atoms with Crippen molar-refractivity contribution >= 4 is 56.0 Å². The Balaban J connectivity index is 1.56. The van der Waals surface area contributed by atoms with Crippen LogP contribution in [0.25, 0.3) is 6.08 Å². The third kappa shape index (κ3) is 5.12. The SMILES string of the molecule is COc1ccc(C=C2SC(=S)N(CCC(=O)NC3CCS(=O)(=O)C3)C2=O)cc1. The highest BCUT2D eigenvalue weighted by atomic mass is 32.2. The molecule has 3 rings (SSSR count). The number of rotatable bonds is 6. The van der Waals surface area contributed by atoms with Gasteiger partial charge in [0.05, 0.1) is 23.5 Å². The second kappa shape index (κ2) is 8.62. The van der Waals surface area contributed by atoms with Crippen molar-refractivity contribution in [3.05, 3.63) is 34.7 Å². The molecule has 2 fully saturated rings. The van der Waals surface area contributed by atoms with Gasteiger partial charge in [-0.05, 0) is 30.2 Å². The van der Waals surface area contributed by atoms with Crippen LogP contribution in [0.15, 0.2) is 29.2 Å². The number of amides is 2. The number of sulfone groups is 1. The van der Waals surface area contributed by atoms with Crippen LogP contribution in [-0.2, 0) is 19.4 Å². The standard InChI is InChI=1S/C18H20N2O5S3/c1-25-14-4-2-12(3-5-14)10-15-17(22)20(18(26)27-15)8-6-16(21)19-13-7-9-28(23,24)11-13/h2-5,10,13H,6-9,11H2,1H3,(H,19,21). The second-order valence-electron chi connectivity index (χ2n) is 6.52. The van der Waals surface area contributed by atoms with Crippen molar-refractivity contribution in [1.29, 1.82) is 0 Å². The maximum Gasteiger partial charge on any atom is 0.266 e. The van der Waals surface area contributed by atoms with Gasteiger partial charge in [0.1, 0.15) is 10.1 Å². The molecule has 0 aliphatic carbocycles. The normalized spacial score (nSPS) is 22.7. The predicted molar refractivity (Wildman–Crippen MR) is 113 cm³/mol. The van der Waals surface area contributed by atoms with Gasteiger partial charge in [-0.15, -0.1) is 0 Å². The van der Waals surface area contributed by atoms with Crippen LogP contribution in [0, 0.1) is 0 Å². The van der Waals surface area contributed by atoms with Crippen LogP contribution < -0.4 is 10.1 Å². The Morgan fingerprint density at radius 2 is 2.11 bits per heavy atom. The number of carbonyl (C=O) groups is 2. The highest BCUT2D eigenvalue weighted by molar-refractivity contribution is 8.26. The molecule has 0 radical (unpaired) electrons. The Morgan fingerprint density at radius 1 is 1.39 bits per heavy atom. The number of methoxy groups -OCH3 is 1. The lowest BCUT2D eigenvalue weighted by atomic mass is 10.2. The van der Waals surface area contributed by atoms with Crippen molar-refractivity contribution in [2.45, 2.75) is 18.9 Å². The molecule has 2 heterocycles. The molecule has 2 amide bonds. The average Bonchev–Trinajstić information content (AvgIpc) is 3.12. The molecule has 10 heteroatoms. The van der Waals surface area contributed by atoms with E-state index in [1.807, 2.05) is 12.1 Å². The van der Waals surface area contributed by atoms with E-state index in [1.54, 1.807) is 25.3 Å². The van der Waals surface area contributed by atoms with Crippen LogP contribution in [0.1, 0.15) is 18.4 Å². The van der Waals surface area contributed by atoms with Crippen molar-refractivity contribution in [3.8, 4) is 5.75 Å². The topological polar surface area (TPSA) is 92.8 Å². The number of nitrogens with one attached hydrogen (secondary N) is 1. The minimum atomic E-state index is -3.05. The van der Waals surface area contributed by atoms with Crippen molar-refractivity contribution in [1.82, 2.24) is 10.2 Å². The molecule has 1 aromatic carbocycles. The summed E-state index contributed by atoms with van der Waals surface area (Å²) in [6.07, 6.45) is 2.25. The van der Waals surface area contributed by atoms with Crippen molar-refractivity contribution in [2.24, 2.45) is 0 Å². The van der Waals surface area contributed by atoms with E-state index in [1.165, 1.54) is 16.7 Å². The Kier molecular flexibility index (Phi) is 6.41. The number of thioether (sulfide) groups is 1. The van der Waals surface area contributed by atoms with E-state index in [4.69, 9.17) is 17.0 Å². The number of hydrogen-bond acceptors (Lipinski definition) is 7. The van der Waals surface area contributed by atoms with Crippen LogP contribution in [0.3, 0.4) is 0 Å². The Morgan fingerprint density at radius 3 is 2.71 bits per heavy atom. The molecule has 1 atom stereocenters. The van der Waals surface area contributed by atoms with Crippen molar-refractivity contribution < 1.29 is 22.7 Å². The molecule has 0 aromatic heterocycles. The maximum atomic E-state index is 12.6. The van der Waals surface area contributed by atoms with E-state index < -0.39 is 9.84 Å². The highest BCUT2D eigenvalue weighted by Gasteiger charge is 2.33. The van der Waals surface area contributed by atoms with Crippen molar-refractivity contribution in [2.75, 3.05) is 25.2 Å². The summed E-state index contributed by atoms with van der Waals surface area (Å²) in [6, 6.07) is 6.95. The molecule has 2 aliphatic rings. The number of nitrogens with zero attached hydrogens (tertiary/aromatic N) is 1. The summed E-state index contributed by atoms with van der Waals surface area (Å²) in [7, 11) is -1.46. The fourth-order valence-corrected chi connectivity index (χ4v) is 5.95. The number of carbonyl (C=O) groups excluding carboxylic acids is 2. The van der Waals surface area contributed by atoms with Crippen LogP contribution in [0.5, 0.6) is 5.75 Å². The first-order chi connectivity index (χ1) is 13.3. The monoisotopic (exact) mass is 440 g/mol. The summed E-state index contributed by atoms with van der Waals surface area (Å²) in [5.74, 6) is 0.288. The van der Waals surface area contributed by atoms with Crippen LogP contribution in [0.4, 0.5) is 0 Å². The minimum Gasteiger partial charge on any atom is -0.497 e. The molecule has 28 heavy (non-hydrogen) atoms. The predicted octanol–water partition coefficient (Wildman–Crippen LogP) is 1.59. The maximum absolute atomic E-state index is 12.6. The van der Waals surface area contributed by atoms with Gasteiger partial charge in [0.25, 0.3) is 5.91 Å². The smallest absolute Gasteiger partial charge is 0.266 e. The molecule has 0 spiro atoms. The van der Waals surface area contributed by atoms with Gasteiger partial charge in [-0.1, -0.05) is 36.1 Å². The first-order valence-corrected chi connectivity index (χ1v) is 11.7. The number of hydrogen-bond donors (Lipinski definition) is 1. The summed E-state index contributed by atoms with van der Waals surface area (Å²) in [4.78, 5) is 26.6. The quantitative estimate of drug-likeness (QED) is 0.530. The third-order valence-corrected chi connectivity index (χ3v) is 7.59. The zero-order valence-electron chi connectivity index (χ0n) is 15.2. The summed E-state index contributed by atoms with van der Waals surface area (Å²) in [5, 5.41) is 2.72.